The van der Waals surface area contributed by atoms with Gasteiger partial charge in [-0.15, -0.1) is 0 Å². The van der Waals surface area contributed by atoms with Crippen LogP contribution < -0.4 is 4.74 Å². The summed E-state index contributed by atoms with van der Waals surface area (Å²) in [7, 11) is 1.53. The van der Waals surface area contributed by atoms with Gasteiger partial charge >= 0.3 is 0 Å². The molecule has 0 unspecified atom stereocenters. The Kier molecular flexibility index (Phi) is 3.76. The van der Waals surface area contributed by atoms with E-state index in [2.05, 4.69) is 0 Å². The van der Waals surface area contributed by atoms with E-state index in [0.29, 0.717) is 22.4 Å². The van der Waals surface area contributed by atoms with Gasteiger partial charge in [0.2, 0.25) is 0 Å². The maximum absolute atomic E-state index is 12.4. The van der Waals surface area contributed by atoms with Crippen molar-refractivity contribution in [2.45, 2.75) is 6.92 Å². The van der Waals surface area contributed by atoms with E-state index in [4.69, 9.17) is 4.74 Å². The van der Waals surface area contributed by atoms with Crippen molar-refractivity contribution in [2.24, 2.45) is 0 Å². The molecule has 3 heteroatoms. The number of Topliss-reactive ketones (excluding diaryl/α,β-unsaturated/α-hetero) is 1. The Morgan fingerprint density at radius 1 is 0.947 bits per heavy atom. The number of rotatable bonds is 4. The van der Waals surface area contributed by atoms with Crippen LogP contribution >= 0.6 is 0 Å². The van der Waals surface area contributed by atoms with Crippen molar-refractivity contribution < 1.29 is 14.3 Å². The average Bonchev–Trinajstić information content (AvgIpc) is 2.46. The second kappa shape index (κ2) is 5.48. The molecule has 0 N–H and O–H groups in total. The van der Waals surface area contributed by atoms with Gasteiger partial charge in [0.05, 0.1) is 7.11 Å². The molecule has 0 aliphatic carbocycles. The minimum Gasteiger partial charge on any atom is -0.497 e. The molecule has 0 aliphatic rings. The van der Waals surface area contributed by atoms with E-state index in [1.54, 1.807) is 42.5 Å². The fraction of sp³-hybridized carbons (Fsp3) is 0.125. The molecule has 2 rings (SSSR count). The van der Waals surface area contributed by atoms with Crippen LogP contribution in [0.5, 0.6) is 5.75 Å². The summed E-state index contributed by atoms with van der Waals surface area (Å²) in [4.78, 5) is 24.0. The summed E-state index contributed by atoms with van der Waals surface area (Å²) in [6.45, 7) is 1.45. The highest BCUT2D eigenvalue weighted by Gasteiger charge is 2.16. The predicted molar refractivity (Wildman–Crippen MR) is 72.9 cm³/mol. The first-order chi connectivity index (χ1) is 9.13. The van der Waals surface area contributed by atoms with Gasteiger partial charge in [0.1, 0.15) is 5.75 Å². The average molecular weight is 254 g/mol. The first kappa shape index (κ1) is 13.0. The van der Waals surface area contributed by atoms with E-state index in [0.717, 1.165) is 0 Å². The number of ketones is 2. The lowest BCUT2D eigenvalue weighted by Gasteiger charge is -2.08. The molecular weight excluding hydrogens is 240 g/mol. The van der Waals surface area contributed by atoms with Crippen molar-refractivity contribution in [3.63, 3.8) is 0 Å². The van der Waals surface area contributed by atoms with Crippen molar-refractivity contribution in [2.75, 3.05) is 7.11 Å². The fourth-order valence-corrected chi connectivity index (χ4v) is 1.89. The molecule has 0 heterocycles. The van der Waals surface area contributed by atoms with Crippen LogP contribution in [0.25, 0.3) is 0 Å². The molecule has 3 nitrogen and oxygen atoms in total. The lowest BCUT2D eigenvalue weighted by molar-refractivity contribution is 0.0990. The molecule has 0 saturated carbocycles. The number of carbonyl (C=O) groups excluding carboxylic acids is 2. The third kappa shape index (κ3) is 2.71. The molecule has 0 spiro atoms. The highest BCUT2D eigenvalue weighted by molar-refractivity contribution is 6.15. The molecule has 0 saturated heterocycles. The summed E-state index contributed by atoms with van der Waals surface area (Å²) in [6, 6.07) is 13.8. The molecule has 0 bridgehead atoms. The van der Waals surface area contributed by atoms with Crippen LogP contribution in [0, 0.1) is 0 Å². The van der Waals surface area contributed by atoms with Crippen LogP contribution in [0.3, 0.4) is 0 Å². The lowest BCUT2D eigenvalue weighted by Crippen LogP contribution is -2.08. The number of ether oxygens (including phenoxy) is 1. The number of methoxy groups -OCH3 is 1. The zero-order valence-electron chi connectivity index (χ0n) is 10.8. The molecule has 0 fully saturated rings. The van der Waals surface area contributed by atoms with Crippen LogP contribution in [0.15, 0.2) is 48.5 Å². The second-order valence-corrected chi connectivity index (χ2v) is 4.16. The molecule has 0 amide bonds. The standard InChI is InChI=1S/C16H14O3/c1-11(17)14-9-8-13(19-2)10-15(14)16(18)12-6-4-3-5-7-12/h3-10H,1-2H3. The third-order valence-electron chi connectivity index (χ3n) is 2.89. The quantitative estimate of drug-likeness (QED) is 0.787. The predicted octanol–water partition coefficient (Wildman–Crippen LogP) is 3.13. The van der Waals surface area contributed by atoms with E-state index >= 15 is 0 Å². The van der Waals surface area contributed by atoms with E-state index in [1.807, 2.05) is 6.07 Å². The normalized spacial score (nSPS) is 10.0. The summed E-state index contributed by atoms with van der Waals surface area (Å²) in [6.07, 6.45) is 0. The minimum atomic E-state index is -0.176. The number of hydrogen-bond donors (Lipinski definition) is 0. The van der Waals surface area contributed by atoms with Crippen LogP contribution in [0.2, 0.25) is 0 Å². The molecule has 19 heavy (non-hydrogen) atoms. The van der Waals surface area contributed by atoms with Gasteiger partial charge in [0.15, 0.2) is 11.6 Å². The largest absolute Gasteiger partial charge is 0.497 e. The molecule has 2 aromatic rings. The smallest absolute Gasteiger partial charge is 0.193 e. The van der Waals surface area contributed by atoms with Gasteiger partial charge < -0.3 is 4.74 Å². The van der Waals surface area contributed by atoms with E-state index in [1.165, 1.54) is 14.0 Å². The van der Waals surface area contributed by atoms with E-state index < -0.39 is 0 Å². The molecule has 0 radical (unpaired) electrons. The molecule has 0 atom stereocenters. The lowest BCUT2D eigenvalue weighted by atomic mass is 9.96. The van der Waals surface area contributed by atoms with E-state index in [9.17, 15) is 9.59 Å². The first-order valence-corrected chi connectivity index (χ1v) is 5.92. The Hall–Kier alpha value is -2.42. The minimum absolute atomic E-state index is 0.137. The highest BCUT2D eigenvalue weighted by atomic mass is 16.5. The Balaban J connectivity index is 2.54. The number of benzene rings is 2. The van der Waals surface area contributed by atoms with Crippen LogP contribution in [0.4, 0.5) is 0 Å². The Morgan fingerprint density at radius 2 is 1.63 bits per heavy atom. The zero-order chi connectivity index (χ0) is 13.8. The molecule has 0 aromatic heterocycles. The third-order valence-corrected chi connectivity index (χ3v) is 2.89. The van der Waals surface area contributed by atoms with Gasteiger partial charge in [-0.25, -0.2) is 0 Å². The van der Waals surface area contributed by atoms with Gasteiger partial charge in [-0.1, -0.05) is 30.3 Å². The van der Waals surface area contributed by atoms with Gasteiger partial charge in [-0.05, 0) is 25.1 Å². The van der Waals surface area contributed by atoms with Crippen LogP contribution in [0.1, 0.15) is 33.2 Å². The molecular formula is C16H14O3. The first-order valence-electron chi connectivity index (χ1n) is 5.92. The van der Waals surface area contributed by atoms with Crippen molar-refractivity contribution in [1.82, 2.24) is 0 Å². The highest BCUT2D eigenvalue weighted by Crippen LogP contribution is 2.21. The number of carbonyl (C=O) groups is 2. The molecule has 96 valence electrons. The van der Waals surface area contributed by atoms with Gasteiger partial charge in [-0.2, -0.15) is 0 Å². The monoisotopic (exact) mass is 254 g/mol. The van der Waals surface area contributed by atoms with Crippen LogP contribution in [-0.2, 0) is 0 Å². The maximum Gasteiger partial charge on any atom is 0.193 e. The van der Waals surface area contributed by atoms with Crippen molar-refractivity contribution in [1.29, 1.82) is 0 Å². The molecule has 0 aliphatic heterocycles. The Labute approximate surface area is 111 Å². The van der Waals surface area contributed by atoms with Gasteiger partial charge in [0, 0.05) is 16.7 Å². The van der Waals surface area contributed by atoms with Crippen molar-refractivity contribution in [3.05, 3.63) is 65.2 Å². The fourth-order valence-electron chi connectivity index (χ4n) is 1.89. The summed E-state index contributed by atoms with van der Waals surface area (Å²) in [5, 5.41) is 0. The number of hydrogen-bond acceptors (Lipinski definition) is 3. The Bertz CT molecular complexity index is 615. The summed E-state index contributed by atoms with van der Waals surface area (Å²) < 4.78 is 5.11. The summed E-state index contributed by atoms with van der Waals surface area (Å²) in [5.74, 6) is 0.246. The summed E-state index contributed by atoms with van der Waals surface area (Å²) >= 11 is 0. The van der Waals surface area contributed by atoms with Gasteiger partial charge in [-0.3, -0.25) is 9.59 Å². The second-order valence-electron chi connectivity index (χ2n) is 4.16. The van der Waals surface area contributed by atoms with Crippen molar-refractivity contribution >= 4 is 11.6 Å². The van der Waals surface area contributed by atoms with Gasteiger partial charge in [0.25, 0.3) is 0 Å². The van der Waals surface area contributed by atoms with E-state index in [-0.39, 0.29) is 11.6 Å². The Morgan fingerprint density at radius 3 is 2.21 bits per heavy atom. The summed E-state index contributed by atoms with van der Waals surface area (Å²) in [5.41, 5.74) is 1.34. The molecule has 2 aromatic carbocycles. The topological polar surface area (TPSA) is 43.4 Å². The zero-order valence-corrected chi connectivity index (χ0v) is 10.8. The van der Waals surface area contributed by atoms with Crippen LogP contribution in [-0.4, -0.2) is 18.7 Å². The van der Waals surface area contributed by atoms with Crippen molar-refractivity contribution in [3.8, 4) is 5.75 Å². The maximum atomic E-state index is 12.4. The SMILES string of the molecule is COc1ccc(C(C)=O)c(C(=O)c2ccccc2)c1.